The number of piperazine rings is 1. The lowest BCUT2D eigenvalue weighted by Gasteiger charge is -2.35. The van der Waals surface area contributed by atoms with Crippen LogP contribution in [0.4, 0.5) is 30.6 Å². The third-order valence-electron chi connectivity index (χ3n) is 4.13. The summed E-state index contributed by atoms with van der Waals surface area (Å²) in [5.74, 6) is 0.909. The molecule has 2 aromatic heterocycles. The molecule has 10 heteroatoms. The fourth-order valence-electron chi connectivity index (χ4n) is 2.70. The molecule has 0 aliphatic carbocycles. The number of alkyl halides is 3. The first-order valence-electron chi connectivity index (χ1n) is 8.43. The molecule has 0 saturated carbocycles. The average Bonchev–Trinajstić information content (AvgIpc) is 2.63. The van der Waals surface area contributed by atoms with Gasteiger partial charge < -0.3 is 15.1 Å². The van der Waals surface area contributed by atoms with E-state index in [1.807, 2.05) is 24.0 Å². The first-order valence-corrected chi connectivity index (χ1v) is 8.43. The van der Waals surface area contributed by atoms with E-state index in [0.717, 1.165) is 5.56 Å². The van der Waals surface area contributed by atoms with Crippen molar-refractivity contribution in [2.45, 2.75) is 19.5 Å². The van der Waals surface area contributed by atoms with Crippen LogP contribution in [0.5, 0.6) is 0 Å². The summed E-state index contributed by atoms with van der Waals surface area (Å²) in [7, 11) is 0. The molecular weight excluding hydrogens is 361 g/mol. The Balaban J connectivity index is 1.54. The first kappa shape index (κ1) is 18.9. The molecule has 1 amide bonds. The van der Waals surface area contributed by atoms with Crippen LogP contribution in [0, 0.1) is 6.92 Å². The maximum atomic E-state index is 12.3. The second-order valence-electron chi connectivity index (χ2n) is 6.28. The molecule has 3 heterocycles. The zero-order chi connectivity index (χ0) is 19.4. The molecule has 1 fully saturated rings. The molecule has 27 heavy (non-hydrogen) atoms. The molecular formula is C17H19F3N6O. The van der Waals surface area contributed by atoms with Gasteiger partial charge in [-0.15, -0.1) is 10.2 Å². The first-order chi connectivity index (χ1) is 12.8. The molecule has 0 atom stereocenters. The van der Waals surface area contributed by atoms with Crippen molar-refractivity contribution in [2.75, 3.05) is 36.4 Å². The predicted molar refractivity (Wildman–Crippen MR) is 93.8 cm³/mol. The number of nitrogens with one attached hydrogen (secondary N) is 1. The van der Waals surface area contributed by atoms with Crippen LogP contribution in [0.25, 0.3) is 0 Å². The van der Waals surface area contributed by atoms with Gasteiger partial charge in [-0.1, -0.05) is 6.07 Å². The molecule has 0 bridgehead atoms. The van der Waals surface area contributed by atoms with Crippen molar-refractivity contribution >= 4 is 23.4 Å². The Morgan fingerprint density at radius 3 is 2.33 bits per heavy atom. The van der Waals surface area contributed by atoms with Crippen molar-refractivity contribution in [3.63, 3.8) is 0 Å². The highest BCUT2D eigenvalue weighted by Gasteiger charge is 2.34. The van der Waals surface area contributed by atoms with E-state index < -0.39 is 18.5 Å². The summed E-state index contributed by atoms with van der Waals surface area (Å²) in [6.45, 7) is 3.21. The van der Waals surface area contributed by atoms with Gasteiger partial charge in [-0.3, -0.25) is 4.79 Å². The van der Waals surface area contributed by atoms with E-state index in [9.17, 15) is 18.0 Å². The van der Waals surface area contributed by atoms with Gasteiger partial charge >= 0.3 is 6.18 Å². The van der Waals surface area contributed by atoms with Crippen molar-refractivity contribution in [3.05, 3.63) is 36.0 Å². The summed E-state index contributed by atoms with van der Waals surface area (Å²) < 4.78 is 37.0. The van der Waals surface area contributed by atoms with E-state index in [1.165, 1.54) is 4.90 Å². The quantitative estimate of drug-likeness (QED) is 0.879. The number of anilines is 3. The Hall–Kier alpha value is -2.91. The molecule has 1 saturated heterocycles. The second kappa shape index (κ2) is 7.77. The van der Waals surface area contributed by atoms with Crippen LogP contribution in [0.1, 0.15) is 12.0 Å². The fourth-order valence-corrected chi connectivity index (χ4v) is 2.70. The van der Waals surface area contributed by atoms with Gasteiger partial charge in [0.2, 0.25) is 5.91 Å². The number of rotatable bonds is 4. The van der Waals surface area contributed by atoms with Gasteiger partial charge in [0.1, 0.15) is 12.2 Å². The van der Waals surface area contributed by atoms with Gasteiger partial charge in [0.05, 0.1) is 0 Å². The molecule has 0 spiro atoms. The molecule has 1 aliphatic heterocycles. The van der Waals surface area contributed by atoms with Crippen LogP contribution >= 0.6 is 0 Å². The van der Waals surface area contributed by atoms with E-state index in [4.69, 9.17) is 0 Å². The van der Waals surface area contributed by atoms with Gasteiger partial charge in [0.15, 0.2) is 11.6 Å². The molecule has 1 N–H and O–H groups in total. The standard InChI is InChI=1S/C17H19F3N6O/c1-12-2-3-13(21-11-12)22-14-4-5-15(24-23-14)25-6-8-26(9-7-25)16(27)10-17(18,19)20/h2-5,11H,6-10H2,1H3,(H,21,22,23). The molecule has 3 rings (SSSR count). The van der Waals surface area contributed by atoms with Crippen molar-refractivity contribution in [1.29, 1.82) is 0 Å². The molecule has 0 aromatic carbocycles. The maximum absolute atomic E-state index is 12.3. The van der Waals surface area contributed by atoms with Crippen LogP contribution in [0.3, 0.4) is 0 Å². The zero-order valence-corrected chi connectivity index (χ0v) is 14.7. The van der Waals surface area contributed by atoms with Crippen molar-refractivity contribution in [2.24, 2.45) is 0 Å². The van der Waals surface area contributed by atoms with Gasteiger partial charge in [0, 0.05) is 32.4 Å². The number of pyridine rings is 1. The van der Waals surface area contributed by atoms with E-state index >= 15 is 0 Å². The second-order valence-corrected chi connectivity index (χ2v) is 6.28. The van der Waals surface area contributed by atoms with Crippen LogP contribution in [0.15, 0.2) is 30.5 Å². The van der Waals surface area contributed by atoms with E-state index in [2.05, 4.69) is 20.5 Å². The average molecular weight is 380 g/mol. The van der Waals surface area contributed by atoms with Gasteiger partial charge in [-0.2, -0.15) is 13.2 Å². The van der Waals surface area contributed by atoms with Crippen LogP contribution in [0.2, 0.25) is 0 Å². The Kier molecular flexibility index (Phi) is 5.43. The minimum Gasteiger partial charge on any atom is -0.352 e. The minimum atomic E-state index is -4.48. The number of halogens is 3. The summed E-state index contributed by atoms with van der Waals surface area (Å²) in [6, 6.07) is 7.29. The van der Waals surface area contributed by atoms with E-state index in [0.29, 0.717) is 30.5 Å². The molecule has 0 unspecified atom stereocenters. The summed E-state index contributed by atoms with van der Waals surface area (Å²) in [5.41, 5.74) is 1.05. The van der Waals surface area contributed by atoms with Crippen LogP contribution in [-0.2, 0) is 4.79 Å². The molecule has 144 valence electrons. The molecule has 7 nitrogen and oxygen atoms in total. The Labute approximate surface area is 154 Å². The largest absolute Gasteiger partial charge is 0.397 e. The monoisotopic (exact) mass is 380 g/mol. The lowest BCUT2D eigenvalue weighted by atomic mass is 10.2. The highest BCUT2D eigenvalue weighted by molar-refractivity contribution is 5.77. The van der Waals surface area contributed by atoms with Gasteiger partial charge in [-0.25, -0.2) is 4.98 Å². The number of hydrogen-bond donors (Lipinski definition) is 1. The Morgan fingerprint density at radius 1 is 1.07 bits per heavy atom. The van der Waals surface area contributed by atoms with Crippen molar-refractivity contribution in [3.8, 4) is 0 Å². The van der Waals surface area contributed by atoms with Crippen molar-refractivity contribution in [1.82, 2.24) is 20.1 Å². The highest BCUT2D eigenvalue weighted by atomic mass is 19.4. The molecule has 2 aromatic rings. The number of aryl methyl sites for hydroxylation is 1. The number of aromatic nitrogens is 3. The van der Waals surface area contributed by atoms with Crippen LogP contribution in [-0.4, -0.2) is 58.3 Å². The maximum Gasteiger partial charge on any atom is 0.397 e. The van der Waals surface area contributed by atoms with Crippen LogP contribution < -0.4 is 10.2 Å². The predicted octanol–water partition coefficient (Wildman–Crippen LogP) is 2.52. The fraction of sp³-hybridized carbons (Fsp3) is 0.412. The minimum absolute atomic E-state index is 0.226. The van der Waals surface area contributed by atoms with Crippen molar-refractivity contribution < 1.29 is 18.0 Å². The number of amides is 1. The Morgan fingerprint density at radius 2 is 1.78 bits per heavy atom. The number of carbonyl (C=O) groups is 1. The highest BCUT2D eigenvalue weighted by Crippen LogP contribution is 2.22. The van der Waals surface area contributed by atoms with E-state index in [1.54, 1.807) is 18.3 Å². The summed E-state index contributed by atoms with van der Waals surface area (Å²) in [6.07, 6.45) is -4.15. The lowest BCUT2D eigenvalue weighted by Crippen LogP contribution is -2.49. The Bertz CT molecular complexity index is 771. The third-order valence-corrected chi connectivity index (χ3v) is 4.13. The summed E-state index contributed by atoms with van der Waals surface area (Å²) in [5, 5.41) is 11.3. The normalized spacial score (nSPS) is 15.0. The SMILES string of the molecule is Cc1ccc(Nc2ccc(N3CCN(C(=O)CC(F)(F)F)CC3)nn2)nc1. The van der Waals surface area contributed by atoms with Gasteiger partial charge in [0.25, 0.3) is 0 Å². The topological polar surface area (TPSA) is 74.2 Å². The third kappa shape index (κ3) is 5.28. The number of carbonyl (C=O) groups excluding carboxylic acids is 1. The van der Waals surface area contributed by atoms with E-state index in [-0.39, 0.29) is 13.1 Å². The number of nitrogens with zero attached hydrogens (tertiary/aromatic N) is 5. The summed E-state index contributed by atoms with van der Waals surface area (Å²) >= 11 is 0. The molecule has 1 aliphatic rings. The lowest BCUT2D eigenvalue weighted by molar-refractivity contribution is -0.161. The summed E-state index contributed by atoms with van der Waals surface area (Å²) in [4.78, 5) is 19.0. The number of hydrogen-bond acceptors (Lipinski definition) is 6. The molecule has 0 radical (unpaired) electrons. The van der Waals surface area contributed by atoms with Gasteiger partial charge in [-0.05, 0) is 30.7 Å². The smallest absolute Gasteiger partial charge is 0.352 e. The zero-order valence-electron chi connectivity index (χ0n) is 14.7.